The summed E-state index contributed by atoms with van der Waals surface area (Å²) in [4.78, 5) is 11.6. The molecular weight excluding hydrogens is 312 g/mol. The zero-order valence-corrected chi connectivity index (χ0v) is 15.0. The van der Waals surface area contributed by atoms with E-state index < -0.39 is 0 Å². The molecule has 0 saturated carbocycles. The molecular formula is C20H24N4O. The number of imidazole rings is 1. The Morgan fingerprint density at radius 3 is 2.80 bits per heavy atom. The van der Waals surface area contributed by atoms with Gasteiger partial charge in [-0.15, -0.1) is 0 Å². The van der Waals surface area contributed by atoms with Gasteiger partial charge in [0.15, 0.2) is 0 Å². The van der Waals surface area contributed by atoms with E-state index in [0.717, 1.165) is 42.1 Å². The van der Waals surface area contributed by atoms with Crippen molar-refractivity contribution in [1.82, 2.24) is 14.5 Å². The molecule has 5 nitrogen and oxygen atoms in total. The van der Waals surface area contributed by atoms with Crippen molar-refractivity contribution < 1.29 is 4.74 Å². The predicted molar refractivity (Wildman–Crippen MR) is 100 cm³/mol. The molecule has 0 radical (unpaired) electrons. The maximum Gasteiger partial charge on any atom is 0.129 e. The van der Waals surface area contributed by atoms with Crippen LogP contribution in [0.15, 0.2) is 42.7 Å². The molecule has 1 saturated heterocycles. The van der Waals surface area contributed by atoms with E-state index in [1.807, 2.05) is 24.4 Å². The zero-order chi connectivity index (χ0) is 17.4. The predicted octanol–water partition coefficient (Wildman–Crippen LogP) is 3.70. The number of methoxy groups -OCH3 is 1. The van der Waals surface area contributed by atoms with Gasteiger partial charge in [-0.1, -0.05) is 13.8 Å². The van der Waals surface area contributed by atoms with Gasteiger partial charge in [0.2, 0.25) is 0 Å². The molecule has 1 fully saturated rings. The van der Waals surface area contributed by atoms with E-state index in [0.29, 0.717) is 11.8 Å². The van der Waals surface area contributed by atoms with Gasteiger partial charge in [0.1, 0.15) is 17.4 Å². The van der Waals surface area contributed by atoms with Crippen LogP contribution in [-0.4, -0.2) is 34.7 Å². The number of aromatic nitrogens is 3. The van der Waals surface area contributed by atoms with Crippen molar-refractivity contribution in [1.29, 1.82) is 0 Å². The Balaban J connectivity index is 1.43. The van der Waals surface area contributed by atoms with Crippen LogP contribution < -0.4 is 9.64 Å². The lowest BCUT2D eigenvalue weighted by molar-refractivity contribution is 0.349. The molecule has 0 unspecified atom stereocenters. The Hall–Kier alpha value is -2.56. The summed E-state index contributed by atoms with van der Waals surface area (Å²) in [7, 11) is 1.69. The summed E-state index contributed by atoms with van der Waals surface area (Å²) in [6, 6.07) is 10.2. The minimum atomic E-state index is 0.463. The highest BCUT2D eigenvalue weighted by Crippen LogP contribution is 2.28. The summed E-state index contributed by atoms with van der Waals surface area (Å²) in [5.74, 6) is 4.22. The summed E-state index contributed by atoms with van der Waals surface area (Å²) in [6.07, 6.45) is 4.00. The number of pyridine rings is 1. The van der Waals surface area contributed by atoms with E-state index in [9.17, 15) is 0 Å². The summed E-state index contributed by atoms with van der Waals surface area (Å²) in [6.45, 7) is 7.52. The van der Waals surface area contributed by atoms with Crippen molar-refractivity contribution in [2.75, 3.05) is 25.1 Å². The average molecular weight is 336 g/mol. The Morgan fingerprint density at radius 2 is 2.04 bits per heavy atom. The number of anilines is 1. The van der Waals surface area contributed by atoms with Gasteiger partial charge in [-0.3, -0.25) is 0 Å². The lowest BCUT2D eigenvalue weighted by Crippen LogP contribution is -2.49. The van der Waals surface area contributed by atoms with E-state index in [4.69, 9.17) is 9.72 Å². The van der Waals surface area contributed by atoms with Crippen LogP contribution in [0.3, 0.4) is 0 Å². The number of ether oxygens (including phenoxy) is 1. The second kappa shape index (κ2) is 6.39. The van der Waals surface area contributed by atoms with Crippen LogP contribution in [0.1, 0.15) is 25.6 Å². The van der Waals surface area contributed by atoms with Crippen molar-refractivity contribution in [2.45, 2.75) is 26.3 Å². The Labute approximate surface area is 148 Å². The minimum Gasteiger partial charge on any atom is -0.497 e. The van der Waals surface area contributed by atoms with Gasteiger partial charge in [-0.05, 0) is 30.3 Å². The number of hydrogen-bond acceptors (Lipinski definition) is 4. The molecule has 1 aliphatic heterocycles. The first kappa shape index (κ1) is 15.9. The fourth-order valence-corrected chi connectivity index (χ4v) is 3.52. The quantitative estimate of drug-likeness (QED) is 0.712. The molecule has 0 N–H and O–H groups in total. The molecule has 0 aliphatic carbocycles. The van der Waals surface area contributed by atoms with Gasteiger partial charge in [0.05, 0.1) is 12.6 Å². The van der Waals surface area contributed by atoms with Gasteiger partial charge in [-0.2, -0.15) is 0 Å². The van der Waals surface area contributed by atoms with Crippen LogP contribution in [0.5, 0.6) is 5.75 Å². The zero-order valence-electron chi connectivity index (χ0n) is 15.0. The van der Waals surface area contributed by atoms with Crippen molar-refractivity contribution >= 4 is 16.7 Å². The van der Waals surface area contributed by atoms with Crippen LogP contribution in [0.25, 0.3) is 10.9 Å². The molecule has 3 heterocycles. The molecule has 2 aromatic heterocycles. The second-order valence-electron chi connectivity index (χ2n) is 7.09. The number of rotatable bonds is 5. The molecule has 0 spiro atoms. The average Bonchev–Trinajstić information content (AvgIpc) is 3.05. The highest BCUT2D eigenvalue weighted by Gasteiger charge is 2.28. The van der Waals surface area contributed by atoms with Crippen molar-refractivity contribution in [3.63, 3.8) is 0 Å². The molecule has 0 bridgehead atoms. The fraction of sp³-hybridized carbons (Fsp3) is 0.400. The monoisotopic (exact) mass is 336 g/mol. The van der Waals surface area contributed by atoms with Crippen LogP contribution >= 0.6 is 0 Å². The largest absolute Gasteiger partial charge is 0.497 e. The maximum atomic E-state index is 5.28. The second-order valence-corrected chi connectivity index (χ2v) is 7.09. The van der Waals surface area contributed by atoms with Crippen molar-refractivity contribution in [2.24, 2.45) is 5.92 Å². The van der Waals surface area contributed by atoms with Gasteiger partial charge in [0.25, 0.3) is 0 Å². The molecule has 5 heteroatoms. The highest BCUT2D eigenvalue weighted by molar-refractivity contribution is 5.82. The van der Waals surface area contributed by atoms with Crippen molar-refractivity contribution in [3.8, 4) is 5.75 Å². The molecule has 0 atom stereocenters. The van der Waals surface area contributed by atoms with Gasteiger partial charge in [0, 0.05) is 49.2 Å². The van der Waals surface area contributed by atoms with Gasteiger partial charge in [-0.25, -0.2) is 9.97 Å². The lowest BCUT2D eigenvalue weighted by atomic mass is 9.99. The normalized spacial score (nSPS) is 15.0. The molecule has 130 valence electrons. The molecule has 1 aromatic carbocycles. The first-order valence-corrected chi connectivity index (χ1v) is 8.85. The smallest absolute Gasteiger partial charge is 0.129 e. The third kappa shape index (κ3) is 3.06. The summed E-state index contributed by atoms with van der Waals surface area (Å²) < 4.78 is 7.58. The summed E-state index contributed by atoms with van der Waals surface area (Å²) in [5.41, 5.74) is 1.01. The van der Waals surface area contributed by atoms with E-state index in [1.54, 1.807) is 7.11 Å². The van der Waals surface area contributed by atoms with Crippen molar-refractivity contribution in [3.05, 3.63) is 48.5 Å². The van der Waals surface area contributed by atoms with Gasteiger partial charge < -0.3 is 14.2 Å². The third-order valence-corrected chi connectivity index (χ3v) is 4.88. The minimum absolute atomic E-state index is 0.463. The topological polar surface area (TPSA) is 43.2 Å². The number of hydrogen-bond donors (Lipinski definition) is 0. The molecule has 4 rings (SSSR count). The van der Waals surface area contributed by atoms with Crippen LogP contribution in [0.2, 0.25) is 0 Å². The first-order valence-electron chi connectivity index (χ1n) is 8.85. The van der Waals surface area contributed by atoms with Gasteiger partial charge >= 0.3 is 0 Å². The van der Waals surface area contributed by atoms with Crippen LogP contribution in [0, 0.1) is 5.92 Å². The number of benzene rings is 1. The Bertz CT molecular complexity index is 880. The lowest BCUT2D eigenvalue weighted by Gasteiger charge is -2.40. The third-order valence-electron chi connectivity index (χ3n) is 4.88. The Morgan fingerprint density at radius 1 is 1.20 bits per heavy atom. The molecule has 0 amide bonds. The fourth-order valence-electron chi connectivity index (χ4n) is 3.52. The Kier molecular flexibility index (Phi) is 4.07. The highest BCUT2D eigenvalue weighted by atomic mass is 16.5. The van der Waals surface area contributed by atoms with Crippen LogP contribution in [-0.2, 0) is 6.54 Å². The summed E-state index contributed by atoms with van der Waals surface area (Å²) in [5, 5.41) is 1.11. The van der Waals surface area contributed by atoms with Crippen LogP contribution in [0.4, 0.5) is 5.82 Å². The summed E-state index contributed by atoms with van der Waals surface area (Å²) >= 11 is 0. The molecule has 25 heavy (non-hydrogen) atoms. The van der Waals surface area contributed by atoms with E-state index in [2.05, 4.69) is 46.6 Å². The molecule has 3 aromatic rings. The molecule has 1 aliphatic rings. The number of nitrogens with zero attached hydrogens (tertiary/aromatic N) is 4. The number of fused-ring (bicyclic) bond motifs is 1. The van der Waals surface area contributed by atoms with E-state index in [-0.39, 0.29) is 0 Å². The maximum absolute atomic E-state index is 5.28. The standard InChI is InChI=1S/C20H24N4O/c1-14(2)20-21-8-9-23(20)11-15-12-24(13-15)19-7-4-16-10-17(25-3)5-6-18(16)22-19/h4-10,14-15H,11-13H2,1-3H3. The van der Waals surface area contributed by atoms with E-state index in [1.165, 1.54) is 5.82 Å². The van der Waals surface area contributed by atoms with E-state index >= 15 is 0 Å². The first-order chi connectivity index (χ1) is 12.1. The SMILES string of the molecule is COc1ccc2nc(N3CC(Cn4ccnc4C(C)C)C3)ccc2c1.